The number of hydrogen-bond acceptors (Lipinski definition) is 5. The van der Waals surface area contributed by atoms with E-state index in [2.05, 4.69) is 10.6 Å². The van der Waals surface area contributed by atoms with Crippen molar-refractivity contribution in [2.75, 3.05) is 26.1 Å². The van der Waals surface area contributed by atoms with E-state index in [1.54, 1.807) is 50.6 Å². The molecule has 6 nitrogen and oxygen atoms in total. The smallest absolute Gasteiger partial charge is 0.257 e. The first-order chi connectivity index (χ1) is 12.6. The van der Waals surface area contributed by atoms with Gasteiger partial charge in [-0.3, -0.25) is 10.1 Å². The van der Waals surface area contributed by atoms with Gasteiger partial charge in [-0.05, 0) is 49.0 Å². The summed E-state index contributed by atoms with van der Waals surface area (Å²) in [5.41, 5.74) is 1.05. The molecule has 0 saturated heterocycles. The molecule has 0 atom stereocenters. The Morgan fingerprint density at radius 2 is 1.88 bits per heavy atom. The molecule has 0 aliphatic rings. The molecular formula is C19H22N2O4S. The fourth-order valence-corrected chi connectivity index (χ4v) is 2.39. The lowest BCUT2D eigenvalue weighted by Gasteiger charge is -2.14. The molecule has 0 aliphatic carbocycles. The van der Waals surface area contributed by atoms with Gasteiger partial charge in [-0.2, -0.15) is 0 Å². The minimum absolute atomic E-state index is 0.154. The number of thiocarbonyl (C=S) groups is 1. The van der Waals surface area contributed by atoms with E-state index in [0.717, 1.165) is 6.42 Å². The number of anilines is 1. The Balaban J connectivity index is 2.05. The average Bonchev–Trinajstić information content (AvgIpc) is 2.66. The molecule has 26 heavy (non-hydrogen) atoms. The summed E-state index contributed by atoms with van der Waals surface area (Å²) < 4.78 is 16.0. The maximum absolute atomic E-state index is 12.4. The van der Waals surface area contributed by atoms with E-state index in [9.17, 15) is 4.79 Å². The van der Waals surface area contributed by atoms with Crippen LogP contribution in [0.1, 0.15) is 23.7 Å². The number of amides is 1. The van der Waals surface area contributed by atoms with Crippen molar-refractivity contribution in [1.82, 2.24) is 5.32 Å². The Labute approximate surface area is 158 Å². The molecule has 0 aliphatic heterocycles. The van der Waals surface area contributed by atoms with Gasteiger partial charge in [0.25, 0.3) is 5.91 Å². The molecule has 2 N–H and O–H groups in total. The van der Waals surface area contributed by atoms with Crippen LogP contribution in [0.25, 0.3) is 0 Å². The van der Waals surface area contributed by atoms with Crippen LogP contribution in [-0.2, 0) is 0 Å². The molecular weight excluding hydrogens is 352 g/mol. The van der Waals surface area contributed by atoms with Gasteiger partial charge >= 0.3 is 0 Å². The van der Waals surface area contributed by atoms with E-state index in [1.165, 1.54) is 0 Å². The SMILES string of the molecule is CCCOc1cccc(C(=O)NC(=S)Nc2cc(OC)ccc2OC)c1. The highest BCUT2D eigenvalue weighted by atomic mass is 32.1. The van der Waals surface area contributed by atoms with Crippen LogP contribution in [0.2, 0.25) is 0 Å². The van der Waals surface area contributed by atoms with E-state index in [-0.39, 0.29) is 11.0 Å². The summed E-state index contributed by atoms with van der Waals surface area (Å²) >= 11 is 5.23. The Morgan fingerprint density at radius 1 is 1.08 bits per heavy atom. The second kappa shape index (κ2) is 9.62. The zero-order valence-corrected chi connectivity index (χ0v) is 15.8. The van der Waals surface area contributed by atoms with Crippen LogP contribution >= 0.6 is 12.2 Å². The molecule has 2 aromatic carbocycles. The zero-order valence-electron chi connectivity index (χ0n) is 15.0. The van der Waals surface area contributed by atoms with Crippen molar-refractivity contribution in [1.29, 1.82) is 0 Å². The van der Waals surface area contributed by atoms with Gasteiger partial charge in [0.05, 0.1) is 26.5 Å². The first kappa shape index (κ1) is 19.5. The van der Waals surface area contributed by atoms with Gasteiger partial charge in [0.2, 0.25) is 0 Å². The number of ether oxygens (including phenoxy) is 3. The predicted molar refractivity (Wildman–Crippen MR) is 105 cm³/mol. The number of benzene rings is 2. The van der Waals surface area contributed by atoms with Crippen LogP contribution in [0.5, 0.6) is 17.2 Å². The van der Waals surface area contributed by atoms with E-state index in [1.807, 2.05) is 13.0 Å². The molecule has 0 fully saturated rings. The van der Waals surface area contributed by atoms with Crippen LogP contribution in [0, 0.1) is 0 Å². The molecule has 0 aromatic heterocycles. The number of hydrogen-bond donors (Lipinski definition) is 2. The Kier molecular flexibility index (Phi) is 7.23. The number of nitrogens with one attached hydrogen (secondary N) is 2. The molecule has 0 spiro atoms. The number of carbonyl (C=O) groups is 1. The van der Waals surface area contributed by atoms with Gasteiger partial charge in [-0.1, -0.05) is 13.0 Å². The van der Waals surface area contributed by atoms with Crippen molar-refractivity contribution >= 4 is 28.9 Å². The highest BCUT2D eigenvalue weighted by molar-refractivity contribution is 7.80. The summed E-state index contributed by atoms with van der Waals surface area (Å²) in [5, 5.41) is 5.75. The molecule has 0 unspecified atom stereocenters. The minimum atomic E-state index is -0.327. The third-order valence-electron chi connectivity index (χ3n) is 3.45. The van der Waals surface area contributed by atoms with Crippen LogP contribution in [0.4, 0.5) is 5.69 Å². The second-order valence-corrected chi connectivity index (χ2v) is 5.76. The first-order valence-electron chi connectivity index (χ1n) is 8.14. The molecule has 0 heterocycles. The van der Waals surface area contributed by atoms with E-state index >= 15 is 0 Å². The summed E-state index contributed by atoms with van der Waals surface area (Å²) in [4.78, 5) is 12.4. The van der Waals surface area contributed by atoms with Crippen molar-refractivity contribution in [2.45, 2.75) is 13.3 Å². The van der Waals surface area contributed by atoms with Gasteiger partial charge in [0.15, 0.2) is 5.11 Å². The van der Waals surface area contributed by atoms with Gasteiger partial charge < -0.3 is 19.5 Å². The van der Waals surface area contributed by atoms with Gasteiger partial charge in [-0.25, -0.2) is 0 Å². The molecule has 7 heteroatoms. The minimum Gasteiger partial charge on any atom is -0.497 e. The topological polar surface area (TPSA) is 68.8 Å². The van der Waals surface area contributed by atoms with Gasteiger partial charge in [-0.15, -0.1) is 0 Å². The molecule has 2 rings (SSSR count). The largest absolute Gasteiger partial charge is 0.497 e. The molecule has 0 radical (unpaired) electrons. The van der Waals surface area contributed by atoms with Crippen molar-refractivity contribution in [3.63, 3.8) is 0 Å². The quantitative estimate of drug-likeness (QED) is 0.722. The van der Waals surface area contributed by atoms with Crippen molar-refractivity contribution in [3.8, 4) is 17.2 Å². The fraction of sp³-hybridized carbons (Fsp3) is 0.263. The molecule has 0 saturated carbocycles. The van der Waals surface area contributed by atoms with E-state index in [0.29, 0.717) is 35.1 Å². The normalized spacial score (nSPS) is 9.96. The summed E-state index contributed by atoms with van der Waals surface area (Å²) in [7, 11) is 3.12. The summed E-state index contributed by atoms with van der Waals surface area (Å²) in [6.45, 7) is 2.62. The van der Waals surface area contributed by atoms with Crippen LogP contribution in [0.15, 0.2) is 42.5 Å². The summed E-state index contributed by atoms with van der Waals surface area (Å²) in [5.74, 6) is 1.54. The number of carbonyl (C=O) groups excluding carboxylic acids is 1. The molecule has 2 aromatic rings. The summed E-state index contributed by atoms with van der Waals surface area (Å²) in [6.07, 6.45) is 0.896. The standard InChI is InChI=1S/C19H22N2O4S/c1-4-10-25-15-7-5-6-13(11-15)18(22)21-19(26)20-16-12-14(23-2)8-9-17(16)24-3/h5-9,11-12H,4,10H2,1-3H3,(H2,20,21,22,26). The van der Waals surface area contributed by atoms with Crippen molar-refractivity contribution in [2.24, 2.45) is 0 Å². The molecule has 138 valence electrons. The number of methoxy groups -OCH3 is 2. The van der Waals surface area contributed by atoms with Gasteiger partial charge in [0, 0.05) is 11.6 Å². The Bertz CT molecular complexity index is 780. The van der Waals surface area contributed by atoms with Crippen LogP contribution < -0.4 is 24.8 Å². The third kappa shape index (κ3) is 5.35. The predicted octanol–water partition coefficient (Wildman–Crippen LogP) is 3.62. The fourth-order valence-electron chi connectivity index (χ4n) is 2.19. The van der Waals surface area contributed by atoms with E-state index in [4.69, 9.17) is 26.4 Å². The maximum atomic E-state index is 12.4. The van der Waals surface area contributed by atoms with Crippen molar-refractivity contribution in [3.05, 3.63) is 48.0 Å². The Morgan fingerprint density at radius 3 is 2.58 bits per heavy atom. The van der Waals surface area contributed by atoms with Crippen LogP contribution in [0.3, 0.4) is 0 Å². The zero-order chi connectivity index (χ0) is 18.9. The lowest BCUT2D eigenvalue weighted by molar-refractivity contribution is 0.0977. The maximum Gasteiger partial charge on any atom is 0.257 e. The average molecular weight is 374 g/mol. The number of rotatable bonds is 7. The second-order valence-electron chi connectivity index (χ2n) is 5.35. The highest BCUT2D eigenvalue weighted by Crippen LogP contribution is 2.28. The monoisotopic (exact) mass is 374 g/mol. The van der Waals surface area contributed by atoms with E-state index < -0.39 is 0 Å². The molecule has 0 bridgehead atoms. The summed E-state index contributed by atoms with van der Waals surface area (Å²) in [6, 6.07) is 12.2. The highest BCUT2D eigenvalue weighted by Gasteiger charge is 2.11. The van der Waals surface area contributed by atoms with Gasteiger partial charge in [0.1, 0.15) is 17.2 Å². The molecule has 1 amide bonds. The third-order valence-corrected chi connectivity index (χ3v) is 3.66. The first-order valence-corrected chi connectivity index (χ1v) is 8.55. The van der Waals surface area contributed by atoms with Crippen LogP contribution in [-0.4, -0.2) is 31.8 Å². The van der Waals surface area contributed by atoms with Crippen molar-refractivity contribution < 1.29 is 19.0 Å². The lowest BCUT2D eigenvalue weighted by Crippen LogP contribution is -2.34. The lowest BCUT2D eigenvalue weighted by atomic mass is 10.2. The Hall–Kier alpha value is -2.80.